The standard InChI is InChI=1S/C15H17ClN2O/c1-4-5-13-12(9-19)15(16)18(17-13)14-7-6-10(2)8-11(14)3/h6-9H,4-5H2,1-3H3. The van der Waals surface area contributed by atoms with E-state index in [2.05, 4.69) is 18.1 Å². The van der Waals surface area contributed by atoms with Crippen LogP contribution in [0.15, 0.2) is 18.2 Å². The maximum absolute atomic E-state index is 11.2. The first-order chi connectivity index (χ1) is 9.08. The molecule has 0 unspecified atom stereocenters. The van der Waals surface area contributed by atoms with Gasteiger partial charge in [-0.25, -0.2) is 4.68 Å². The van der Waals surface area contributed by atoms with E-state index in [1.165, 1.54) is 5.56 Å². The highest BCUT2D eigenvalue weighted by Gasteiger charge is 2.17. The molecule has 0 aliphatic rings. The van der Waals surface area contributed by atoms with Gasteiger partial charge in [0.25, 0.3) is 0 Å². The molecule has 0 fully saturated rings. The molecule has 0 N–H and O–H groups in total. The number of aromatic nitrogens is 2. The summed E-state index contributed by atoms with van der Waals surface area (Å²) >= 11 is 6.28. The van der Waals surface area contributed by atoms with Crippen LogP contribution < -0.4 is 0 Å². The molecule has 3 nitrogen and oxygen atoms in total. The van der Waals surface area contributed by atoms with E-state index in [1.54, 1.807) is 4.68 Å². The summed E-state index contributed by atoms with van der Waals surface area (Å²) < 4.78 is 1.66. The van der Waals surface area contributed by atoms with E-state index >= 15 is 0 Å². The highest BCUT2D eigenvalue weighted by atomic mass is 35.5. The van der Waals surface area contributed by atoms with Crippen molar-refractivity contribution in [3.63, 3.8) is 0 Å². The Morgan fingerprint density at radius 1 is 1.37 bits per heavy atom. The molecule has 0 amide bonds. The lowest BCUT2D eigenvalue weighted by Crippen LogP contribution is -2.00. The molecular formula is C15H17ClN2O. The Labute approximate surface area is 118 Å². The van der Waals surface area contributed by atoms with Gasteiger partial charge in [-0.05, 0) is 31.9 Å². The SMILES string of the molecule is CCCc1nn(-c2ccc(C)cc2C)c(Cl)c1C=O. The van der Waals surface area contributed by atoms with E-state index in [0.29, 0.717) is 10.7 Å². The third-order valence-corrected chi connectivity index (χ3v) is 3.49. The van der Waals surface area contributed by atoms with Crippen LogP contribution in [0.2, 0.25) is 5.15 Å². The first-order valence-corrected chi connectivity index (χ1v) is 6.76. The maximum atomic E-state index is 11.2. The molecule has 1 aromatic heterocycles. The molecule has 2 rings (SSSR count). The molecule has 100 valence electrons. The quantitative estimate of drug-likeness (QED) is 0.794. The number of hydrogen-bond acceptors (Lipinski definition) is 2. The average molecular weight is 277 g/mol. The summed E-state index contributed by atoms with van der Waals surface area (Å²) in [4.78, 5) is 11.2. The van der Waals surface area contributed by atoms with Gasteiger partial charge in [0, 0.05) is 0 Å². The second kappa shape index (κ2) is 5.57. The summed E-state index contributed by atoms with van der Waals surface area (Å²) in [6.45, 7) is 6.11. The zero-order chi connectivity index (χ0) is 14.0. The summed E-state index contributed by atoms with van der Waals surface area (Å²) in [5, 5.41) is 4.88. The van der Waals surface area contributed by atoms with Gasteiger partial charge in [0.1, 0.15) is 5.15 Å². The van der Waals surface area contributed by atoms with Gasteiger partial charge in [-0.1, -0.05) is 42.6 Å². The molecule has 4 heteroatoms. The fraction of sp³-hybridized carbons (Fsp3) is 0.333. The van der Waals surface area contributed by atoms with Crippen LogP contribution in [0.5, 0.6) is 0 Å². The lowest BCUT2D eigenvalue weighted by molar-refractivity contribution is 0.112. The van der Waals surface area contributed by atoms with Crippen LogP contribution >= 0.6 is 11.6 Å². The molecule has 0 radical (unpaired) electrons. The number of aryl methyl sites for hydroxylation is 3. The van der Waals surface area contributed by atoms with E-state index in [9.17, 15) is 4.79 Å². The summed E-state index contributed by atoms with van der Waals surface area (Å²) in [5.41, 5.74) is 4.46. The van der Waals surface area contributed by atoms with Crippen molar-refractivity contribution >= 4 is 17.9 Å². The van der Waals surface area contributed by atoms with E-state index < -0.39 is 0 Å². The van der Waals surface area contributed by atoms with Gasteiger partial charge in [0.05, 0.1) is 16.9 Å². The lowest BCUT2D eigenvalue weighted by atomic mass is 10.1. The number of benzene rings is 1. The second-order valence-corrected chi connectivity index (χ2v) is 5.08. The number of aldehydes is 1. The Hall–Kier alpha value is -1.61. The molecule has 0 aliphatic heterocycles. The molecule has 19 heavy (non-hydrogen) atoms. The zero-order valence-electron chi connectivity index (χ0n) is 11.4. The van der Waals surface area contributed by atoms with Gasteiger partial charge < -0.3 is 0 Å². The lowest BCUT2D eigenvalue weighted by Gasteiger charge is -2.07. The molecule has 0 bridgehead atoms. The molecule has 1 heterocycles. The highest BCUT2D eigenvalue weighted by Crippen LogP contribution is 2.25. The van der Waals surface area contributed by atoms with Crippen molar-refractivity contribution in [1.29, 1.82) is 0 Å². The van der Waals surface area contributed by atoms with Crippen molar-refractivity contribution < 1.29 is 4.79 Å². The maximum Gasteiger partial charge on any atom is 0.155 e. The van der Waals surface area contributed by atoms with Crippen molar-refractivity contribution in [3.8, 4) is 5.69 Å². The average Bonchev–Trinajstić information content (AvgIpc) is 2.66. The van der Waals surface area contributed by atoms with Crippen molar-refractivity contribution in [1.82, 2.24) is 9.78 Å². The predicted octanol–water partition coefficient (Wildman–Crippen LogP) is 3.91. The van der Waals surface area contributed by atoms with E-state index in [0.717, 1.165) is 36.1 Å². The van der Waals surface area contributed by atoms with E-state index in [4.69, 9.17) is 11.6 Å². The third kappa shape index (κ3) is 2.56. The number of halogens is 1. The Kier molecular flexibility index (Phi) is 4.05. The van der Waals surface area contributed by atoms with Crippen LogP contribution in [0.1, 0.15) is 40.5 Å². The number of carbonyl (C=O) groups is 1. The minimum Gasteiger partial charge on any atom is -0.298 e. The van der Waals surface area contributed by atoms with Crippen LogP contribution in [0.3, 0.4) is 0 Å². The highest BCUT2D eigenvalue weighted by molar-refractivity contribution is 6.32. The van der Waals surface area contributed by atoms with Crippen LogP contribution in [0.4, 0.5) is 0 Å². The Bertz CT molecular complexity index is 617. The molecule has 1 aromatic carbocycles. The van der Waals surface area contributed by atoms with Crippen molar-refractivity contribution in [3.05, 3.63) is 45.7 Å². The van der Waals surface area contributed by atoms with E-state index in [-0.39, 0.29) is 0 Å². The van der Waals surface area contributed by atoms with Crippen molar-refractivity contribution in [2.45, 2.75) is 33.6 Å². The summed E-state index contributed by atoms with van der Waals surface area (Å²) in [6, 6.07) is 6.07. The van der Waals surface area contributed by atoms with Gasteiger partial charge in [-0.15, -0.1) is 0 Å². The van der Waals surface area contributed by atoms with Crippen LogP contribution in [0, 0.1) is 13.8 Å². The monoisotopic (exact) mass is 276 g/mol. The summed E-state index contributed by atoms with van der Waals surface area (Å²) in [5.74, 6) is 0. The topological polar surface area (TPSA) is 34.9 Å². The minimum atomic E-state index is 0.394. The fourth-order valence-corrected chi connectivity index (χ4v) is 2.47. The largest absolute Gasteiger partial charge is 0.298 e. The van der Waals surface area contributed by atoms with Gasteiger partial charge in [-0.3, -0.25) is 4.79 Å². The second-order valence-electron chi connectivity index (χ2n) is 4.72. The number of rotatable bonds is 4. The summed E-state index contributed by atoms with van der Waals surface area (Å²) in [6.07, 6.45) is 2.48. The zero-order valence-corrected chi connectivity index (χ0v) is 12.2. The van der Waals surface area contributed by atoms with Crippen LogP contribution in [-0.4, -0.2) is 16.1 Å². The van der Waals surface area contributed by atoms with E-state index in [1.807, 2.05) is 26.0 Å². The molecule has 2 aromatic rings. The number of hydrogen-bond donors (Lipinski definition) is 0. The van der Waals surface area contributed by atoms with Crippen LogP contribution in [-0.2, 0) is 6.42 Å². The fourth-order valence-electron chi connectivity index (χ4n) is 2.19. The molecule has 0 atom stereocenters. The van der Waals surface area contributed by atoms with Gasteiger partial charge >= 0.3 is 0 Å². The van der Waals surface area contributed by atoms with Gasteiger partial charge in [0.2, 0.25) is 0 Å². The smallest absolute Gasteiger partial charge is 0.155 e. The first-order valence-electron chi connectivity index (χ1n) is 6.38. The third-order valence-electron chi connectivity index (χ3n) is 3.12. The molecular weight excluding hydrogens is 260 g/mol. The Balaban J connectivity index is 2.59. The molecule has 0 aliphatic carbocycles. The van der Waals surface area contributed by atoms with Gasteiger partial charge in [-0.2, -0.15) is 5.10 Å². The van der Waals surface area contributed by atoms with Gasteiger partial charge in [0.15, 0.2) is 6.29 Å². The minimum absolute atomic E-state index is 0.394. The first kappa shape index (κ1) is 13.8. The van der Waals surface area contributed by atoms with Crippen LogP contribution in [0.25, 0.3) is 5.69 Å². The van der Waals surface area contributed by atoms with Crippen molar-refractivity contribution in [2.24, 2.45) is 0 Å². The molecule has 0 saturated heterocycles. The number of carbonyl (C=O) groups excluding carboxylic acids is 1. The number of nitrogens with zero attached hydrogens (tertiary/aromatic N) is 2. The molecule has 0 saturated carbocycles. The summed E-state index contributed by atoms with van der Waals surface area (Å²) in [7, 11) is 0. The van der Waals surface area contributed by atoms with Crippen molar-refractivity contribution in [2.75, 3.05) is 0 Å². The Morgan fingerprint density at radius 2 is 2.11 bits per heavy atom. The Morgan fingerprint density at radius 3 is 2.68 bits per heavy atom. The molecule has 0 spiro atoms. The normalized spacial score (nSPS) is 10.7. The predicted molar refractivity (Wildman–Crippen MR) is 77.4 cm³/mol.